The number of nitrogens with one attached hydrogen (secondary N) is 1. The van der Waals surface area contributed by atoms with Gasteiger partial charge >= 0.3 is 0 Å². The quantitative estimate of drug-likeness (QED) is 0.798. The van der Waals surface area contributed by atoms with Crippen LogP contribution < -0.4 is 10.9 Å². The second-order valence-corrected chi connectivity index (χ2v) is 7.36. The first-order chi connectivity index (χ1) is 9.56. The lowest BCUT2D eigenvalue weighted by molar-refractivity contribution is 0.167. The summed E-state index contributed by atoms with van der Waals surface area (Å²) in [4.78, 5) is 15.9. The highest BCUT2D eigenvalue weighted by Gasteiger charge is 2.19. The summed E-state index contributed by atoms with van der Waals surface area (Å²) in [5.74, 6) is 0. The summed E-state index contributed by atoms with van der Waals surface area (Å²) in [5.41, 5.74) is 0.0825. The van der Waals surface area contributed by atoms with E-state index >= 15 is 0 Å². The summed E-state index contributed by atoms with van der Waals surface area (Å²) in [5, 5.41) is 4.23. The van der Waals surface area contributed by atoms with Gasteiger partial charge in [-0.3, -0.25) is 9.69 Å². The number of pyridine rings is 1. The molecule has 1 saturated heterocycles. The number of halogens is 3. The van der Waals surface area contributed by atoms with Crippen molar-refractivity contribution in [1.82, 2.24) is 14.8 Å². The Bertz CT molecular complexity index is 703. The average molecular weight is 429 g/mol. The van der Waals surface area contributed by atoms with E-state index in [-0.39, 0.29) is 30.4 Å². The van der Waals surface area contributed by atoms with Crippen LogP contribution in [-0.4, -0.2) is 35.1 Å². The number of fused-ring (bicyclic) bond motifs is 1. The number of rotatable bonds is 2. The van der Waals surface area contributed by atoms with Crippen LogP contribution in [-0.2, 0) is 13.6 Å². The molecule has 1 aliphatic rings. The van der Waals surface area contributed by atoms with Gasteiger partial charge in [0.15, 0.2) is 0 Å². The van der Waals surface area contributed by atoms with E-state index in [4.69, 9.17) is 0 Å². The molecule has 0 aliphatic carbocycles. The Morgan fingerprint density at radius 2 is 2.18 bits per heavy atom. The third-order valence-corrected chi connectivity index (χ3v) is 5.87. The third kappa shape index (κ3) is 3.86. The van der Waals surface area contributed by atoms with Gasteiger partial charge in [0.1, 0.15) is 0 Å². The highest BCUT2D eigenvalue weighted by molar-refractivity contribution is 9.10. The highest BCUT2D eigenvalue weighted by Crippen LogP contribution is 2.30. The highest BCUT2D eigenvalue weighted by atomic mass is 79.9. The van der Waals surface area contributed by atoms with Crippen LogP contribution in [0.1, 0.15) is 11.8 Å². The van der Waals surface area contributed by atoms with E-state index in [1.54, 1.807) is 23.0 Å². The van der Waals surface area contributed by atoms with Gasteiger partial charge < -0.3 is 9.88 Å². The lowest BCUT2D eigenvalue weighted by Gasteiger charge is -2.33. The van der Waals surface area contributed by atoms with Gasteiger partial charge in [0, 0.05) is 50.3 Å². The SMILES string of the molecule is C[C@@H]1CNCCN1Cc1cc2c(=O)n(C)cc(Br)c2s1.Cl.Cl. The van der Waals surface area contributed by atoms with E-state index in [9.17, 15) is 4.79 Å². The van der Waals surface area contributed by atoms with Gasteiger partial charge in [-0.25, -0.2) is 0 Å². The molecule has 0 spiro atoms. The summed E-state index contributed by atoms with van der Waals surface area (Å²) in [6.45, 7) is 6.32. The second-order valence-electron chi connectivity index (χ2n) is 5.37. The number of piperazine rings is 1. The van der Waals surface area contributed by atoms with Gasteiger partial charge in [0.25, 0.3) is 5.56 Å². The van der Waals surface area contributed by atoms with Crippen molar-refractivity contribution in [3.63, 3.8) is 0 Å². The number of aromatic nitrogens is 1. The molecule has 2 aromatic heterocycles. The first-order valence-corrected chi connectivity index (χ1v) is 8.39. The maximum atomic E-state index is 12.2. The van der Waals surface area contributed by atoms with Crippen LogP contribution in [0.25, 0.3) is 10.1 Å². The number of hydrogen-bond acceptors (Lipinski definition) is 4. The van der Waals surface area contributed by atoms with Crippen molar-refractivity contribution in [2.75, 3.05) is 19.6 Å². The predicted molar refractivity (Wildman–Crippen MR) is 102 cm³/mol. The monoisotopic (exact) mass is 427 g/mol. The van der Waals surface area contributed by atoms with Crippen LogP contribution in [0.5, 0.6) is 0 Å². The van der Waals surface area contributed by atoms with Crippen LogP contribution >= 0.6 is 52.1 Å². The Morgan fingerprint density at radius 1 is 1.45 bits per heavy atom. The summed E-state index contributed by atoms with van der Waals surface area (Å²) < 4.78 is 3.70. The maximum absolute atomic E-state index is 12.2. The van der Waals surface area contributed by atoms with Crippen molar-refractivity contribution in [2.24, 2.45) is 7.05 Å². The first-order valence-electron chi connectivity index (χ1n) is 6.78. The molecule has 0 radical (unpaired) electrons. The fourth-order valence-corrected chi connectivity index (χ4v) is 4.49. The Hall–Kier alpha value is -0.110. The van der Waals surface area contributed by atoms with E-state index in [0.717, 1.165) is 40.7 Å². The topological polar surface area (TPSA) is 37.3 Å². The molecule has 0 unspecified atom stereocenters. The van der Waals surface area contributed by atoms with Crippen LogP contribution in [0.2, 0.25) is 0 Å². The van der Waals surface area contributed by atoms with Gasteiger partial charge in [-0.1, -0.05) is 0 Å². The minimum Gasteiger partial charge on any atom is -0.317 e. The molecule has 1 fully saturated rings. The zero-order chi connectivity index (χ0) is 14.3. The molecule has 8 heteroatoms. The fraction of sp³-hybridized carbons (Fsp3) is 0.500. The second kappa shape index (κ2) is 8.13. The lowest BCUT2D eigenvalue weighted by Crippen LogP contribution is -2.49. The molecule has 3 heterocycles. The van der Waals surface area contributed by atoms with Crippen molar-refractivity contribution < 1.29 is 0 Å². The Labute approximate surface area is 154 Å². The Balaban J connectivity index is 0.00000121. The summed E-state index contributed by atoms with van der Waals surface area (Å²) in [6.07, 6.45) is 1.85. The standard InChI is InChI=1S/C14H18BrN3OS.2ClH/c1-9-6-16-3-4-18(9)7-10-5-11-13(20-10)12(15)8-17(2)14(11)19;;/h5,8-9,16H,3-4,6-7H2,1-2H3;2*1H/t9-;;/m1../s1. The van der Waals surface area contributed by atoms with Gasteiger partial charge in [0.05, 0.1) is 14.6 Å². The smallest absolute Gasteiger partial charge is 0.259 e. The van der Waals surface area contributed by atoms with E-state index in [2.05, 4.69) is 39.1 Å². The largest absolute Gasteiger partial charge is 0.317 e. The summed E-state index contributed by atoms with van der Waals surface area (Å²) in [6, 6.07) is 2.60. The van der Waals surface area contributed by atoms with Gasteiger partial charge in [-0.15, -0.1) is 36.2 Å². The molecule has 0 bridgehead atoms. The maximum Gasteiger partial charge on any atom is 0.259 e. The van der Waals surface area contributed by atoms with Crippen LogP contribution in [0.3, 0.4) is 0 Å². The van der Waals surface area contributed by atoms with Crippen molar-refractivity contribution in [1.29, 1.82) is 0 Å². The molecule has 1 atom stereocenters. The summed E-state index contributed by atoms with van der Waals surface area (Å²) in [7, 11) is 1.79. The Kier molecular flexibility index (Phi) is 7.36. The molecule has 0 amide bonds. The van der Waals surface area contributed by atoms with Crippen LogP contribution in [0.15, 0.2) is 21.5 Å². The lowest BCUT2D eigenvalue weighted by atomic mass is 10.2. The van der Waals surface area contributed by atoms with Gasteiger partial charge in [0.2, 0.25) is 0 Å². The van der Waals surface area contributed by atoms with Crippen molar-refractivity contribution in [3.8, 4) is 0 Å². The van der Waals surface area contributed by atoms with Crippen LogP contribution in [0.4, 0.5) is 0 Å². The molecule has 22 heavy (non-hydrogen) atoms. The molecule has 0 saturated carbocycles. The number of hydrogen-bond donors (Lipinski definition) is 1. The summed E-state index contributed by atoms with van der Waals surface area (Å²) >= 11 is 5.28. The zero-order valence-electron chi connectivity index (χ0n) is 12.5. The average Bonchev–Trinajstić information content (AvgIpc) is 2.83. The fourth-order valence-electron chi connectivity index (χ4n) is 2.65. The van der Waals surface area contributed by atoms with E-state index in [1.165, 1.54) is 4.88 Å². The van der Waals surface area contributed by atoms with E-state index in [0.29, 0.717) is 6.04 Å². The minimum atomic E-state index is 0. The predicted octanol–water partition coefficient (Wildman–Crippen LogP) is 3.00. The van der Waals surface area contributed by atoms with Crippen LogP contribution in [0, 0.1) is 0 Å². The van der Waals surface area contributed by atoms with E-state index < -0.39 is 0 Å². The van der Waals surface area contributed by atoms with E-state index in [1.807, 2.05) is 6.20 Å². The molecular weight excluding hydrogens is 409 g/mol. The van der Waals surface area contributed by atoms with Gasteiger partial charge in [-0.2, -0.15) is 0 Å². The van der Waals surface area contributed by atoms with Crippen molar-refractivity contribution in [2.45, 2.75) is 19.5 Å². The molecule has 3 rings (SSSR count). The number of nitrogens with zero attached hydrogens (tertiary/aromatic N) is 2. The Morgan fingerprint density at radius 3 is 2.86 bits per heavy atom. The molecule has 1 aliphatic heterocycles. The molecule has 4 nitrogen and oxygen atoms in total. The first kappa shape index (κ1) is 19.9. The zero-order valence-corrected chi connectivity index (χ0v) is 16.5. The normalized spacial score (nSPS) is 18.8. The van der Waals surface area contributed by atoms with Crippen molar-refractivity contribution >= 4 is 62.2 Å². The van der Waals surface area contributed by atoms with Crippen molar-refractivity contribution in [3.05, 3.63) is 32.0 Å². The number of aryl methyl sites for hydroxylation is 1. The molecule has 1 N–H and O–H groups in total. The molecule has 0 aromatic carbocycles. The van der Waals surface area contributed by atoms with Gasteiger partial charge in [-0.05, 0) is 28.9 Å². The molecule has 124 valence electrons. The molecular formula is C14H20BrCl2N3OS. The minimum absolute atomic E-state index is 0. The third-order valence-electron chi connectivity index (χ3n) is 3.86. The number of thiophene rings is 1. The molecule has 2 aromatic rings.